The van der Waals surface area contributed by atoms with Gasteiger partial charge in [0.1, 0.15) is 5.69 Å². The van der Waals surface area contributed by atoms with E-state index in [0.717, 1.165) is 38.3 Å². The van der Waals surface area contributed by atoms with Crippen LogP contribution in [0.4, 0.5) is 19.1 Å². The maximum Gasteiger partial charge on any atom is 0.433 e. The highest BCUT2D eigenvalue weighted by molar-refractivity contribution is 5.25. The Kier molecular flexibility index (Phi) is 5.57. The van der Waals surface area contributed by atoms with E-state index in [9.17, 15) is 13.2 Å². The molecule has 1 aliphatic rings. The van der Waals surface area contributed by atoms with Crippen molar-refractivity contribution in [3.8, 4) is 0 Å². The van der Waals surface area contributed by atoms with E-state index < -0.39 is 11.9 Å². The maximum absolute atomic E-state index is 12.5. The molecule has 2 heterocycles. The molecule has 1 aromatic heterocycles. The molecule has 0 saturated carbocycles. The minimum absolute atomic E-state index is 0.0125. The van der Waals surface area contributed by atoms with Crippen molar-refractivity contribution in [1.82, 2.24) is 14.9 Å². The number of morpholine rings is 1. The summed E-state index contributed by atoms with van der Waals surface area (Å²) in [6.07, 6.45) is -2.10. The van der Waals surface area contributed by atoms with Crippen LogP contribution < -0.4 is 5.32 Å². The molecule has 0 bridgehead atoms. The average molecular weight is 318 g/mol. The van der Waals surface area contributed by atoms with Crippen LogP contribution in [-0.2, 0) is 10.9 Å². The molecule has 0 aromatic carbocycles. The van der Waals surface area contributed by atoms with Crippen molar-refractivity contribution in [3.63, 3.8) is 0 Å². The molecule has 0 spiro atoms. The summed E-state index contributed by atoms with van der Waals surface area (Å²) >= 11 is 0. The van der Waals surface area contributed by atoms with Gasteiger partial charge in [-0.2, -0.15) is 13.2 Å². The highest BCUT2D eigenvalue weighted by atomic mass is 19.4. The van der Waals surface area contributed by atoms with Crippen LogP contribution in [0.2, 0.25) is 0 Å². The van der Waals surface area contributed by atoms with Crippen molar-refractivity contribution in [2.24, 2.45) is 0 Å². The highest BCUT2D eigenvalue weighted by Crippen LogP contribution is 2.27. The van der Waals surface area contributed by atoms with Gasteiger partial charge in [0.15, 0.2) is 0 Å². The molecule has 0 aliphatic carbocycles. The van der Waals surface area contributed by atoms with Crippen LogP contribution >= 0.6 is 0 Å². The van der Waals surface area contributed by atoms with E-state index in [1.54, 1.807) is 0 Å². The van der Waals surface area contributed by atoms with Crippen LogP contribution in [0.15, 0.2) is 12.3 Å². The standard InChI is InChI=1S/C14H21F3N4O/c1-10-8-21(9-11(2)22-10)7-3-5-18-13-19-6-4-12(20-13)14(15,16)17/h4,6,10-11H,3,5,7-9H2,1-2H3,(H,18,19,20). The lowest BCUT2D eigenvalue weighted by atomic mass is 10.2. The van der Waals surface area contributed by atoms with Gasteiger partial charge in [0.25, 0.3) is 0 Å². The molecule has 1 aromatic rings. The fourth-order valence-corrected chi connectivity index (χ4v) is 2.57. The fourth-order valence-electron chi connectivity index (χ4n) is 2.57. The number of aromatic nitrogens is 2. The van der Waals surface area contributed by atoms with Gasteiger partial charge in [-0.3, -0.25) is 4.90 Å². The van der Waals surface area contributed by atoms with Crippen molar-refractivity contribution in [2.75, 3.05) is 31.5 Å². The summed E-state index contributed by atoms with van der Waals surface area (Å²) in [4.78, 5) is 9.58. The van der Waals surface area contributed by atoms with Crippen molar-refractivity contribution in [2.45, 2.75) is 38.7 Å². The fraction of sp³-hybridized carbons (Fsp3) is 0.714. The van der Waals surface area contributed by atoms with Crippen molar-refractivity contribution in [3.05, 3.63) is 18.0 Å². The minimum atomic E-state index is -4.44. The Balaban J connectivity index is 1.75. The van der Waals surface area contributed by atoms with Crippen LogP contribution in [0.3, 0.4) is 0 Å². The molecule has 1 aliphatic heterocycles. The monoisotopic (exact) mass is 318 g/mol. The summed E-state index contributed by atoms with van der Waals surface area (Å²) in [5, 5.41) is 2.84. The van der Waals surface area contributed by atoms with E-state index in [0.29, 0.717) is 6.54 Å². The predicted molar refractivity (Wildman–Crippen MR) is 76.6 cm³/mol. The Morgan fingerprint density at radius 2 is 2.00 bits per heavy atom. The number of alkyl halides is 3. The Morgan fingerprint density at radius 1 is 1.32 bits per heavy atom. The van der Waals surface area contributed by atoms with Gasteiger partial charge in [-0.25, -0.2) is 9.97 Å². The molecule has 1 N–H and O–H groups in total. The van der Waals surface area contributed by atoms with Crippen LogP contribution in [0, 0.1) is 0 Å². The maximum atomic E-state index is 12.5. The Bertz CT molecular complexity index is 473. The second-order valence-corrected chi connectivity index (χ2v) is 5.56. The summed E-state index contributed by atoms with van der Waals surface area (Å²) in [7, 11) is 0. The molecule has 2 unspecified atom stereocenters. The van der Waals surface area contributed by atoms with Gasteiger partial charge in [0.05, 0.1) is 12.2 Å². The van der Waals surface area contributed by atoms with E-state index in [1.807, 2.05) is 13.8 Å². The van der Waals surface area contributed by atoms with E-state index in [-0.39, 0.29) is 18.2 Å². The van der Waals surface area contributed by atoms with Gasteiger partial charge in [-0.1, -0.05) is 0 Å². The van der Waals surface area contributed by atoms with E-state index in [4.69, 9.17) is 4.74 Å². The normalized spacial score (nSPS) is 23.5. The lowest BCUT2D eigenvalue weighted by Gasteiger charge is -2.35. The van der Waals surface area contributed by atoms with Gasteiger partial charge in [0, 0.05) is 32.4 Å². The number of hydrogen-bond donors (Lipinski definition) is 1. The zero-order valence-corrected chi connectivity index (χ0v) is 12.7. The van der Waals surface area contributed by atoms with E-state index in [2.05, 4.69) is 20.2 Å². The molecule has 1 saturated heterocycles. The van der Waals surface area contributed by atoms with Gasteiger partial charge >= 0.3 is 6.18 Å². The van der Waals surface area contributed by atoms with Gasteiger partial charge in [0.2, 0.25) is 5.95 Å². The first-order chi connectivity index (χ1) is 10.3. The number of rotatable bonds is 5. The molecule has 2 atom stereocenters. The van der Waals surface area contributed by atoms with E-state index in [1.165, 1.54) is 0 Å². The number of nitrogens with zero attached hydrogens (tertiary/aromatic N) is 3. The number of halogens is 3. The smallest absolute Gasteiger partial charge is 0.373 e. The Hall–Kier alpha value is -1.41. The van der Waals surface area contributed by atoms with Crippen LogP contribution in [-0.4, -0.2) is 53.3 Å². The predicted octanol–water partition coefficient (Wildman–Crippen LogP) is 2.41. The lowest BCUT2D eigenvalue weighted by Crippen LogP contribution is -2.45. The molecule has 5 nitrogen and oxygen atoms in total. The Labute approximate surface area is 127 Å². The second-order valence-electron chi connectivity index (χ2n) is 5.56. The average Bonchev–Trinajstić information content (AvgIpc) is 2.42. The summed E-state index contributed by atoms with van der Waals surface area (Å²) < 4.78 is 43.3. The van der Waals surface area contributed by atoms with Gasteiger partial charge in [-0.05, 0) is 26.3 Å². The van der Waals surface area contributed by atoms with Gasteiger partial charge in [-0.15, -0.1) is 0 Å². The largest absolute Gasteiger partial charge is 0.433 e. The molecular weight excluding hydrogens is 297 g/mol. The second kappa shape index (κ2) is 7.23. The van der Waals surface area contributed by atoms with Crippen LogP contribution in [0.25, 0.3) is 0 Å². The zero-order valence-electron chi connectivity index (χ0n) is 12.7. The molecule has 124 valence electrons. The molecule has 22 heavy (non-hydrogen) atoms. The molecule has 8 heteroatoms. The summed E-state index contributed by atoms with van der Waals surface area (Å²) in [5.41, 5.74) is -0.930. The lowest BCUT2D eigenvalue weighted by molar-refractivity contribution is -0.141. The number of anilines is 1. The molecular formula is C14H21F3N4O. The molecule has 0 amide bonds. The topological polar surface area (TPSA) is 50.3 Å². The van der Waals surface area contributed by atoms with E-state index >= 15 is 0 Å². The quantitative estimate of drug-likeness (QED) is 0.845. The molecule has 2 rings (SSSR count). The first-order valence-corrected chi connectivity index (χ1v) is 7.36. The first-order valence-electron chi connectivity index (χ1n) is 7.36. The van der Waals surface area contributed by atoms with Gasteiger partial charge < -0.3 is 10.1 Å². The third-order valence-corrected chi connectivity index (χ3v) is 3.38. The number of ether oxygens (including phenoxy) is 1. The summed E-state index contributed by atoms with van der Waals surface area (Å²) in [5.74, 6) is 0.0125. The number of nitrogens with one attached hydrogen (secondary N) is 1. The summed E-state index contributed by atoms with van der Waals surface area (Å²) in [6, 6.07) is 0.863. The molecule has 1 fully saturated rings. The molecule has 0 radical (unpaired) electrons. The third kappa shape index (κ3) is 5.10. The van der Waals surface area contributed by atoms with Crippen molar-refractivity contribution in [1.29, 1.82) is 0 Å². The number of hydrogen-bond acceptors (Lipinski definition) is 5. The summed E-state index contributed by atoms with van der Waals surface area (Å²) in [6.45, 7) is 7.23. The third-order valence-electron chi connectivity index (χ3n) is 3.38. The van der Waals surface area contributed by atoms with Crippen molar-refractivity contribution < 1.29 is 17.9 Å². The SMILES string of the molecule is CC1CN(CCCNc2nccc(C(F)(F)F)n2)CC(C)O1. The van der Waals surface area contributed by atoms with Crippen molar-refractivity contribution >= 4 is 5.95 Å². The minimum Gasteiger partial charge on any atom is -0.373 e. The highest BCUT2D eigenvalue weighted by Gasteiger charge is 2.32. The van der Waals surface area contributed by atoms with Crippen LogP contribution in [0.5, 0.6) is 0 Å². The zero-order chi connectivity index (χ0) is 16.2. The Morgan fingerprint density at radius 3 is 2.64 bits per heavy atom. The first kappa shape index (κ1) is 17.0. The van der Waals surface area contributed by atoms with Crippen LogP contribution in [0.1, 0.15) is 26.0 Å².